The number of carbonyl (C=O) groups is 1. The van der Waals surface area contributed by atoms with Gasteiger partial charge in [-0.2, -0.15) is 0 Å². The molecule has 112 valence electrons. The smallest absolute Gasteiger partial charge is 0.289 e. The third-order valence-corrected chi connectivity index (χ3v) is 4.04. The van der Waals surface area contributed by atoms with Crippen LogP contribution in [0.2, 0.25) is 0 Å². The van der Waals surface area contributed by atoms with Gasteiger partial charge in [0, 0.05) is 11.9 Å². The Bertz CT molecular complexity index is 686. The molecule has 1 aromatic carbocycles. The van der Waals surface area contributed by atoms with Crippen LogP contribution < -0.4 is 0 Å². The van der Waals surface area contributed by atoms with E-state index in [1.807, 2.05) is 0 Å². The topological polar surface area (TPSA) is 53.7 Å². The number of rotatable bonds is 2. The molecule has 1 N–H and O–H groups in total. The van der Waals surface area contributed by atoms with Crippen molar-refractivity contribution in [1.29, 1.82) is 0 Å². The lowest BCUT2D eigenvalue weighted by Gasteiger charge is -2.33. The fourth-order valence-electron chi connectivity index (χ4n) is 3.02. The van der Waals surface area contributed by atoms with Gasteiger partial charge in [-0.05, 0) is 38.8 Å². The molecule has 0 aliphatic carbocycles. The lowest BCUT2D eigenvalue weighted by Crippen LogP contribution is -2.48. The van der Waals surface area contributed by atoms with E-state index in [1.165, 1.54) is 6.07 Å². The van der Waals surface area contributed by atoms with Crippen LogP contribution in [0.4, 0.5) is 4.39 Å². The van der Waals surface area contributed by atoms with E-state index in [-0.39, 0.29) is 23.3 Å². The number of likely N-dealkylation sites (tertiary alicyclic amines) is 1. The molecule has 0 saturated carbocycles. The molecule has 4 nitrogen and oxygen atoms in total. The molecule has 3 rings (SSSR count). The SMILES string of the molecule is CC(C)(O)C1CCCN1C(=O)c1cc2cccc(F)c2o1. The second-order valence-electron chi connectivity index (χ2n) is 6.08. The molecule has 0 spiro atoms. The zero-order chi connectivity index (χ0) is 15.2. The van der Waals surface area contributed by atoms with Gasteiger partial charge in [-0.3, -0.25) is 4.79 Å². The Kier molecular flexibility index (Phi) is 3.24. The molecule has 2 heterocycles. The Balaban J connectivity index is 1.95. The summed E-state index contributed by atoms with van der Waals surface area (Å²) in [5.74, 6) is -0.659. The molecule has 1 aliphatic rings. The van der Waals surface area contributed by atoms with Crippen molar-refractivity contribution in [2.24, 2.45) is 0 Å². The minimum atomic E-state index is -0.969. The highest BCUT2D eigenvalue weighted by Gasteiger charge is 2.39. The number of benzene rings is 1. The number of para-hydroxylation sites is 1. The molecule has 1 fully saturated rings. The summed E-state index contributed by atoms with van der Waals surface area (Å²) in [5.41, 5.74) is -0.872. The molecule has 1 unspecified atom stereocenters. The summed E-state index contributed by atoms with van der Waals surface area (Å²) in [5, 5.41) is 10.8. The largest absolute Gasteiger partial charge is 0.448 e. The first-order chi connectivity index (χ1) is 9.88. The second-order valence-corrected chi connectivity index (χ2v) is 6.08. The first-order valence-electron chi connectivity index (χ1n) is 7.09. The van der Waals surface area contributed by atoms with Crippen LogP contribution in [0.1, 0.15) is 37.2 Å². The summed E-state index contributed by atoms with van der Waals surface area (Å²) in [7, 11) is 0. The molecule has 21 heavy (non-hydrogen) atoms. The third kappa shape index (κ3) is 2.42. The summed E-state index contributed by atoms with van der Waals surface area (Å²) < 4.78 is 19.0. The Labute approximate surface area is 122 Å². The van der Waals surface area contributed by atoms with Gasteiger partial charge in [0.1, 0.15) is 0 Å². The number of carbonyl (C=O) groups excluding carboxylic acids is 1. The van der Waals surface area contributed by atoms with Crippen molar-refractivity contribution in [3.63, 3.8) is 0 Å². The fourth-order valence-corrected chi connectivity index (χ4v) is 3.02. The average molecular weight is 291 g/mol. The van der Waals surface area contributed by atoms with E-state index in [9.17, 15) is 14.3 Å². The van der Waals surface area contributed by atoms with Gasteiger partial charge in [-0.25, -0.2) is 4.39 Å². The molecule has 5 heteroatoms. The molecule has 1 amide bonds. The number of aliphatic hydroxyl groups is 1. The van der Waals surface area contributed by atoms with Crippen molar-refractivity contribution in [3.8, 4) is 0 Å². The molecule has 0 radical (unpaired) electrons. The van der Waals surface area contributed by atoms with Crippen molar-refractivity contribution in [2.45, 2.75) is 38.3 Å². The van der Waals surface area contributed by atoms with E-state index in [4.69, 9.17) is 4.42 Å². The third-order valence-electron chi connectivity index (χ3n) is 4.04. The first-order valence-corrected chi connectivity index (χ1v) is 7.09. The highest BCUT2D eigenvalue weighted by Crippen LogP contribution is 2.30. The van der Waals surface area contributed by atoms with Crippen molar-refractivity contribution in [3.05, 3.63) is 35.8 Å². The van der Waals surface area contributed by atoms with Crippen LogP contribution in [0.3, 0.4) is 0 Å². The van der Waals surface area contributed by atoms with Crippen LogP contribution in [0.15, 0.2) is 28.7 Å². The standard InChI is InChI=1S/C16H18FNO3/c1-16(2,20)13-7-4-8-18(13)15(19)12-9-10-5-3-6-11(17)14(10)21-12/h3,5-6,9,13,20H,4,7-8H2,1-2H3. The minimum absolute atomic E-state index is 0.0971. The van der Waals surface area contributed by atoms with E-state index < -0.39 is 11.4 Å². The molecule has 1 atom stereocenters. The van der Waals surface area contributed by atoms with E-state index >= 15 is 0 Å². The highest BCUT2D eigenvalue weighted by molar-refractivity contribution is 5.96. The molecule has 0 bridgehead atoms. The Morgan fingerprint density at radius 3 is 2.90 bits per heavy atom. The van der Waals surface area contributed by atoms with E-state index in [0.29, 0.717) is 11.9 Å². The van der Waals surface area contributed by atoms with Crippen LogP contribution in [0.5, 0.6) is 0 Å². The normalized spacial score (nSPS) is 19.4. The first kappa shape index (κ1) is 14.1. The molecular weight excluding hydrogens is 273 g/mol. The number of hydrogen-bond donors (Lipinski definition) is 1. The predicted molar refractivity (Wildman–Crippen MR) is 76.5 cm³/mol. The number of furan rings is 1. The van der Waals surface area contributed by atoms with Gasteiger partial charge in [0.15, 0.2) is 17.2 Å². The van der Waals surface area contributed by atoms with Crippen molar-refractivity contribution in [2.75, 3.05) is 6.54 Å². The maximum absolute atomic E-state index is 13.6. The Morgan fingerprint density at radius 1 is 1.48 bits per heavy atom. The van der Waals surface area contributed by atoms with Gasteiger partial charge in [-0.15, -0.1) is 0 Å². The van der Waals surface area contributed by atoms with Crippen LogP contribution in [-0.2, 0) is 0 Å². The minimum Gasteiger partial charge on any atom is -0.448 e. The van der Waals surface area contributed by atoms with Crippen LogP contribution in [-0.4, -0.2) is 34.1 Å². The molecule has 1 aliphatic heterocycles. The summed E-state index contributed by atoms with van der Waals surface area (Å²) in [6.07, 6.45) is 1.60. The van der Waals surface area contributed by atoms with Gasteiger partial charge < -0.3 is 14.4 Å². The van der Waals surface area contributed by atoms with E-state index in [1.54, 1.807) is 36.9 Å². The maximum atomic E-state index is 13.6. The molecule has 2 aromatic rings. The van der Waals surface area contributed by atoms with Gasteiger partial charge in [0.05, 0.1) is 11.6 Å². The Morgan fingerprint density at radius 2 is 2.24 bits per heavy atom. The van der Waals surface area contributed by atoms with Crippen molar-refractivity contribution in [1.82, 2.24) is 4.90 Å². The summed E-state index contributed by atoms with van der Waals surface area (Å²) in [6, 6.07) is 5.89. The van der Waals surface area contributed by atoms with Gasteiger partial charge in [0.2, 0.25) is 0 Å². The monoisotopic (exact) mass is 291 g/mol. The fraction of sp³-hybridized carbons (Fsp3) is 0.438. The number of amides is 1. The summed E-state index contributed by atoms with van der Waals surface area (Å²) >= 11 is 0. The van der Waals surface area contributed by atoms with Gasteiger partial charge in [-0.1, -0.05) is 12.1 Å². The predicted octanol–water partition coefficient (Wildman–Crippen LogP) is 2.95. The zero-order valence-corrected chi connectivity index (χ0v) is 12.1. The van der Waals surface area contributed by atoms with E-state index in [2.05, 4.69) is 0 Å². The second kappa shape index (κ2) is 4.84. The quantitative estimate of drug-likeness (QED) is 0.925. The summed E-state index contributed by atoms with van der Waals surface area (Å²) in [6.45, 7) is 3.97. The van der Waals surface area contributed by atoms with Gasteiger partial charge >= 0.3 is 0 Å². The molecular formula is C16H18FNO3. The van der Waals surface area contributed by atoms with E-state index in [0.717, 1.165) is 12.8 Å². The Hall–Kier alpha value is -1.88. The number of fused-ring (bicyclic) bond motifs is 1. The maximum Gasteiger partial charge on any atom is 0.289 e. The lowest BCUT2D eigenvalue weighted by atomic mass is 9.96. The van der Waals surface area contributed by atoms with Crippen molar-refractivity contribution >= 4 is 16.9 Å². The lowest BCUT2D eigenvalue weighted by molar-refractivity contribution is -0.000688. The molecule has 1 aromatic heterocycles. The van der Waals surface area contributed by atoms with Gasteiger partial charge in [0.25, 0.3) is 5.91 Å². The molecule has 1 saturated heterocycles. The average Bonchev–Trinajstić information content (AvgIpc) is 3.04. The van der Waals surface area contributed by atoms with Crippen LogP contribution in [0, 0.1) is 5.82 Å². The highest BCUT2D eigenvalue weighted by atomic mass is 19.1. The number of hydrogen-bond acceptors (Lipinski definition) is 3. The van der Waals surface area contributed by atoms with Crippen LogP contribution >= 0.6 is 0 Å². The van der Waals surface area contributed by atoms with Crippen molar-refractivity contribution < 1.29 is 18.7 Å². The summed E-state index contributed by atoms with van der Waals surface area (Å²) in [4.78, 5) is 14.2. The zero-order valence-electron chi connectivity index (χ0n) is 12.1. The van der Waals surface area contributed by atoms with Crippen LogP contribution in [0.25, 0.3) is 11.0 Å². The number of nitrogens with zero attached hydrogens (tertiary/aromatic N) is 1. The number of halogens is 1.